The van der Waals surface area contributed by atoms with Crippen molar-refractivity contribution in [3.8, 4) is 5.75 Å². The third-order valence-electron chi connectivity index (χ3n) is 3.46. The van der Waals surface area contributed by atoms with Crippen LogP contribution in [-0.4, -0.2) is 18.6 Å². The fraction of sp³-hybridized carbons (Fsp3) is 0.667. The van der Waals surface area contributed by atoms with Crippen molar-refractivity contribution < 1.29 is 4.74 Å². The Morgan fingerprint density at radius 1 is 1.22 bits per heavy atom. The minimum absolute atomic E-state index is 0.656. The number of hydrogen-bond donors (Lipinski definition) is 1. The summed E-state index contributed by atoms with van der Waals surface area (Å²) in [6, 6.07) is 2.04. The highest BCUT2D eigenvalue weighted by Gasteiger charge is 2.17. The molecule has 0 aromatic carbocycles. The third-order valence-corrected chi connectivity index (χ3v) is 3.46. The van der Waals surface area contributed by atoms with Crippen LogP contribution in [0.15, 0.2) is 12.3 Å². The minimum Gasteiger partial charge on any atom is -0.493 e. The van der Waals surface area contributed by atoms with E-state index < -0.39 is 0 Å². The molecule has 1 aromatic heterocycles. The van der Waals surface area contributed by atoms with Crippen LogP contribution in [-0.2, 0) is 0 Å². The Bertz CT molecular complexity index is 367. The van der Waals surface area contributed by atoms with E-state index in [1.807, 2.05) is 13.0 Å². The first-order chi connectivity index (χ1) is 8.45. The smallest absolute Gasteiger partial charge is 0.160 e. The number of aryl methyl sites for hydroxylation is 1. The van der Waals surface area contributed by atoms with Gasteiger partial charge in [0.05, 0.1) is 19.0 Å². The molecule has 0 unspecified atom stereocenters. The van der Waals surface area contributed by atoms with Crippen LogP contribution in [0, 0.1) is 24.7 Å². The lowest BCUT2D eigenvalue weighted by Crippen LogP contribution is -2.24. The van der Waals surface area contributed by atoms with E-state index in [9.17, 15) is 0 Å². The lowest BCUT2D eigenvalue weighted by atomic mass is 9.85. The molecule has 0 amide bonds. The molecule has 0 aliphatic heterocycles. The molecule has 0 atom stereocenters. The first-order valence-electron chi connectivity index (χ1n) is 6.70. The van der Waals surface area contributed by atoms with E-state index in [1.54, 1.807) is 13.3 Å². The SMILES string of the molecule is COc1cnc(C)cc1NCC(C(C)C)C(C)C. The molecule has 3 heteroatoms. The number of aromatic nitrogens is 1. The fourth-order valence-corrected chi connectivity index (χ4v) is 2.32. The summed E-state index contributed by atoms with van der Waals surface area (Å²) in [7, 11) is 1.68. The summed E-state index contributed by atoms with van der Waals surface area (Å²) >= 11 is 0. The summed E-state index contributed by atoms with van der Waals surface area (Å²) in [5.41, 5.74) is 2.04. The molecule has 18 heavy (non-hydrogen) atoms. The van der Waals surface area contributed by atoms with Crippen LogP contribution in [0.4, 0.5) is 5.69 Å². The molecule has 102 valence electrons. The van der Waals surface area contributed by atoms with Gasteiger partial charge >= 0.3 is 0 Å². The van der Waals surface area contributed by atoms with Gasteiger partial charge in [-0.3, -0.25) is 4.98 Å². The molecular weight excluding hydrogens is 224 g/mol. The molecule has 0 saturated heterocycles. The number of ether oxygens (including phenoxy) is 1. The molecule has 1 aromatic rings. The Balaban J connectivity index is 2.75. The molecule has 0 bridgehead atoms. The number of anilines is 1. The monoisotopic (exact) mass is 250 g/mol. The van der Waals surface area contributed by atoms with E-state index in [-0.39, 0.29) is 0 Å². The minimum atomic E-state index is 0.656. The average Bonchev–Trinajstić information content (AvgIpc) is 2.28. The molecule has 3 nitrogen and oxygen atoms in total. The molecule has 0 fully saturated rings. The Morgan fingerprint density at radius 2 is 1.83 bits per heavy atom. The van der Waals surface area contributed by atoms with Gasteiger partial charge in [0, 0.05) is 12.2 Å². The van der Waals surface area contributed by atoms with Gasteiger partial charge in [-0.05, 0) is 30.7 Å². The molecule has 0 aliphatic rings. The van der Waals surface area contributed by atoms with Crippen LogP contribution in [0.5, 0.6) is 5.75 Å². The molecule has 1 N–H and O–H groups in total. The first kappa shape index (κ1) is 14.8. The number of nitrogens with one attached hydrogen (secondary N) is 1. The topological polar surface area (TPSA) is 34.1 Å². The molecule has 1 rings (SSSR count). The van der Waals surface area contributed by atoms with E-state index in [2.05, 4.69) is 38.0 Å². The molecule has 1 heterocycles. The highest BCUT2D eigenvalue weighted by Crippen LogP contribution is 2.26. The summed E-state index contributed by atoms with van der Waals surface area (Å²) < 4.78 is 5.33. The van der Waals surface area contributed by atoms with Crippen LogP contribution in [0.1, 0.15) is 33.4 Å². The molecule has 0 aliphatic carbocycles. The standard InChI is InChI=1S/C15H26N2O/c1-10(2)13(11(3)4)8-17-14-7-12(5)16-9-15(14)18-6/h7,9-11,13H,8H2,1-6H3,(H,16,17). The van der Waals surface area contributed by atoms with Crippen LogP contribution < -0.4 is 10.1 Å². The van der Waals surface area contributed by atoms with Gasteiger partial charge in [0.15, 0.2) is 5.75 Å². The van der Waals surface area contributed by atoms with E-state index in [0.717, 1.165) is 23.7 Å². The van der Waals surface area contributed by atoms with Crippen LogP contribution in [0.25, 0.3) is 0 Å². The maximum atomic E-state index is 5.33. The zero-order valence-electron chi connectivity index (χ0n) is 12.4. The van der Waals surface area contributed by atoms with E-state index in [4.69, 9.17) is 4.74 Å². The number of hydrogen-bond acceptors (Lipinski definition) is 3. The molecule has 0 spiro atoms. The summed E-state index contributed by atoms with van der Waals surface area (Å²) in [5.74, 6) is 2.81. The van der Waals surface area contributed by atoms with Crippen molar-refractivity contribution >= 4 is 5.69 Å². The van der Waals surface area contributed by atoms with Gasteiger partial charge in [0.25, 0.3) is 0 Å². The van der Waals surface area contributed by atoms with Crippen molar-refractivity contribution in [2.75, 3.05) is 19.0 Å². The first-order valence-corrected chi connectivity index (χ1v) is 6.70. The van der Waals surface area contributed by atoms with Crippen molar-refractivity contribution in [2.45, 2.75) is 34.6 Å². The van der Waals surface area contributed by atoms with Gasteiger partial charge < -0.3 is 10.1 Å². The van der Waals surface area contributed by atoms with Gasteiger partial charge in [-0.2, -0.15) is 0 Å². The normalized spacial score (nSPS) is 11.4. The molecule has 0 saturated carbocycles. The van der Waals surface area contributed by atoms with E-state index in [1.165, 1.54) is 0 Å². The summed E-state index contributed by atoms with van der Waals surface area (Å²) in [5, 5.41) is 3.50. The maximum Gasteiger partial charge on any atom is 0.160 e. The average molecular weight is 250 g/mol. The Morgan fingerprint density at radius 3 is 2.33 bits per heavy atom. The zero-order valence-corrected chi connectivity index (χ0v) is 12.4. The van der Waals surface area contributed by atoms with Crippen LogP contribution >= 0.6 is 0 Å². The van der Waals surface area contributed by atoms with Gasteiger partial charge in [0.2, 0.25) is 0 Å². The largest absolute Gasteiger partial charge is 0.493 e. The third kappa shape index (κ3) is 3.90. The highest BCUT2D eigenvalue weighted by molar-refractivity contribution is 5.55. The summed E-state index contributed by atoms with van der Waals surface area (Å²) in [6.45, 7) is 12.1. The van der Waals surface area contributed by atoms with Crippen LogP contribution in [0.2, 0.25) is 0 Å². The highest BCUT2D eigenvalue weighted by atomic mass is 16.5. The van der Waals surface area contributed by atoms with Crippen molar-refractivity contribution in [2.24, 2.45) is 17.8 Å². The second kappa shape index (κ2) is 6.62. The molecular formula is C15H26N2O. The number of methoxy groups -OCH3 is 1. The van der Waals surface area contributed by atoms with Crippen molar-refractivity contribution in [1.82, 2.24) is 4.98 Å². The predicted octanol–water partition coefficient (Wildman–Crippen LogP) is 3.74. The predicted molar refractivity (Wildman–Crippen MR) is 77.2 cm³/mol. The number of pyridine rings is 1. The Hall–Kier alpha value is -1.25. The van der Waals surface area contributed by atoms with E-state index >= 15 is 0 Å². The van der Waals surface area contributed by atoms with Gasteiger partial charge in [-0.25, -0.2) is 0 Å². The van der Waals surface area contributed by atoms with Crippen molar-refractivity contribution in [3.05, 3.63) is 18.0 Å². The lowest BCUT2D eigenvalue weighted by molar-refractivity contribution is 0.304. The molecule has 0 radical (unpaired) electrons. The lowest BCUT2D eigenvalue weighted by Gasteiger charge is -2.26. The van der Waals surface area contributed by atoms with Crippen molar-refractivity contribution in [3.63, 3.8) is 0 Å². The van der Waals surface area contributed by atoms with E-state index in [0.29, 0.717) is 17.8 Å². The summed E-state index contributed by atoms with van der Waals surface area (Å²) in [4.78, 5) is 4.24. The quantitative estimate of drug-likeness (QED) is 0.835. The van der Waals surface area contributed by atoms with Crippen LogP contribution in [0.3, 0.4) is 0 Å². The fourth-order valence-electron chi connectivity index (χ4n) is 2.32. The second-order valence-electron chi connectivity index (χ2n) is 5.56. The van der Waals surface area contributed by atoms with Gasteiger partial charge in [-0.15, -0.1) is 0 Å². The summed E-state index contributed by atoms with van der Waals surface area (Å²) in [6.07, 6.45) is 1.78. The Labute approximate surface area is 111 Å². The Kier molecular flexibility index (Phi) is 5.45. The van der Waals surface area contributed by atoms with Gasteiger partial charge in [0.1, 0.15) is 0 Å². The number of rotatable bonds is 6. The van der Waals surface area contributed by atoms with Gasteiger partial charge in [-0.1, -0.05) is 27.7 Å². The second-order valence-corrected chi connectivity index (χ2v) is 5.56. The maximum absolute atomic E-state index is 5.33. The van der Waals surface area contributed by atoms with Crippen molar-refractivity contribution in [1.29, 1.82) is 0 Å². The zero-order chi connectivity index (χ0) is 13.7. The number of nitrogens with zero attached hydrogens (tertiary/aromatic N) is 1.